The molecular weight excluding hydrogens is 359 g/mol. The zero-order valence-corrected chi connectivity index (χ0v) is 16.7. The number of hydrogen-bond donors (Lipinski definition) is 0. The lowest BCUT2D eigenvalue weighted by molar-refractivity contribution is 0.590. The van der Waals surface area contributed by atoms with Crippen LogP contribution in [0.4, 0.5) is 0 Å². The highest BCUT2D eigenvalue weighted by molar-refractivity contribution is 7.83. The van der Waals surface area contributed by atoms with Crippen LogP contribution in [0, 0.1) is 6.92 Å². The quantitative estimate of drug-likeness (QED) is 0.501. The second kappa shape index (κ2) is 6.62. The first-order valence-corrected chi connectivity index (χ1v) is 11.4. The van der Waals surface area contributed by atoms with Crippen LogP contribution in [-0.4, -0.2) is 0 Å². The van der Waals surface area contributed by atoms with E-state index in [0.29, 0.717) is 0 Å². The van der Waals surface area contributed by atoms with Gasteiger partial charge in [0.15, 0.2) is 7.14 Å². The molecule has 3 aromatic rings. The second-order valence-electron chi connectivity index (χ2n) is 7.29. The highest BCUT2D eigenvalue weighted by atomic mass is 31.2. The van der Waals surface area contributed by atoms with Crippen LogP contribution in [0.3, 0.4) is 0 Å². The van der Waals surface area contributed by atoms with Crippen molar-refractivity contribution in [2.24, 2.45) is 0 Å². The smallest absolute Gasteiger partial charge is 0.171 e. The van der Waals surface area contributed by atoms with Crippen LogP contribution in [0.5, 0.6) is 0 Å². The molecule has 2 heteroatoms. The third-order valence-corrected chi connectivity index (χ3v) is 8.86. The van der Waals surface area contributed by atoms with E-state index in [9.17, 15) is 4.57 Å². The van der Waals surface area contributed by atoms with Crippen LogP contribution in [0.15, 0.2) is 108 Å². The molecule has 0 spiro atoms. The fourth-order valence-electron chi connectivity index (χ4n) is 4.36. The molecule has 0 radical (unpaired) electrons. The van der Waals surface area contributed by atoms with E-state index in [1.54, 1.807) is 0 Å². The lowest BCUT2D eigenvalue weighted by atomic mass is 9.88. The van der Waals surface area contributed by atoms with Gasteiger partial charge in [-0.3, -0.25) is 0 Å². The molecule has 28 heavy (non-hydrogen) atoms. The van der Waals surface area contributed by atoms with Crippen LogP contribution >= 0.6 is 7.14 Å². The standard InChI is InChI=1S/C26H21OP/c1-19-11-5-6-14-21(19)26-22-15-7-9-17-24(22)28(27,20-12-3-2-4-13-20)25-18-10-8-16-23(25)26/h2-9,11-18H,10H2,1H3. The monoisotopic (exact) mass is 380 g/mol. The molecule has 1 atom stereocenters. The minimum Gasteiger partial charge on any atom is -0.309 e. The van der Waals surface area contributed by atoms with E-state index in [-0.39, 0.29) is 0 Å². The van der Waals surface area contributed by atoms with Crippen molar-refractivity contribution in [2.75, 3.05) is 0 Å². The van der Waals surface area contributed by atoms with Gasteiger partial charge < -0.3 is 4.57 Å². The molecule has 0 saturated carbocycles. The molecule has 5 rings (SSSR count). The number of fused-ring (bicyclic) bond motifs is 2. The summed E-state index contributed by atoms with van der Waals surface area (Å²) in [6.45, 7) is 2.15. The van der Waals surface area contributed by atoms with Crippen LogP contribution in [-0.2, 0) is 4.57 Å². The lowest BCUT2D eigenvalue weighted by Crippen LogP contribution is -2.26. The van der Waals surface area contributed by atoms with Crippen molar-refractivity contribution in [3.63, 3.8) is 0 Å². The molecule has 0 aromatic heterocycles. The number of aryl methyl sites for hydroxylation is 1. The molecule has 3 aromatic carbocycles. The van der Waals surface area contributed by atoms with Gasteiger partial charge in [-0.25, -0.2) is 0 Å². The van der Waals surface area contributed by atoms with Crippen molar-refractivity contribution < 1.29 is 4.57 Å². The molecule has 1 aliphatic carbocycles. The van der Waals surface area contributed by atoms with Gasteiger partial charge in [0.05, 0.1) is 0 Å². The lowest BCUT2D eigenvalue weighted by Gasteiger charge is -2.34. The van der Waals surface area contributed by atoms with Crippen molar-refractivity contribution in [3.05, 3.63) is 125 Å². The van der Waals surface area contributed by atoms with E-state index in [1.165, 1.54) is 16.7 Å². The van der Waals surface area contributed by atoms with E-state index in [0.717, 1.165) is 33.5 Å². The number of benzene rings is 3. The Morgan fingerprint density at radius 2 is 1.46 bits per heavy atom. The Kier molecular flexibility index (Phi) is 4.07. The summed E-state index contributed by atoms with van der Waals surface area (Å²) in [4.78, 5) is 0. The van der Waals surface area contributed by atoms with Crippen molar-refractivity contribution in [1.29, 1.82) is 0 Å². The summed E-state index contributed by atoms with van der Waals surface area (Å²) >= 11 is 0. The summed E-state index contributed by atoms with van der Waals surface area (Å²) in [7, 11) is -2.91. The molecular formula is C26H21OP. The fraction of sp³-hybridized carbons (Fsp3) is 0.0769. The largest absolute Gasteiger partial charge is 0.309 e. The molecule has 0 saturated heterocycles. The van der Waals surface area contributed by atoms with Gasteiger partial charge in [-0.2, -0.15) is 0 Å². The third kappa shape index (κ3) is 2.44. The van der Waals surface area contributed by atoms with Crippen molar-refractivity contribution >= 4 is 23.3 Å². The normalized spacial score (nSPS) is 20.4. The molecule has 1 unspecified atom stereocenters. The van der Waals surface area contributed by atoms with Gasteiger partial charge in [0, 0.05) is 15.9 Å². The summed E-state index contributed by atoms with van der Waals surface area (Å²) in [6.07, 6.45) is 7.32. The summed E-state index contributed by atoms with van der Waals surface area (Å²) < 4.78 is 14.7. The van der Waals surface area contributed by atoms with Gasteiger partial charge >= 0.3 is 0 Å². The van der Waals surface area contributed by atoms with Crippen molar-refractivity contribution in [1.82, 2.24) is 0 Å². The molecule has 2 aliphatic rings. The first kappa shape index (κ1) is 17.2. The summed E-state index contributed by atoms with van der Waals surface area (Å²) in [6, 6.07) is 26.7. The predicted octanol–water partition coefficient (Wildman–Crippen LogP) is 5.97. The molecule has 136 valence electrons. The molecule has 1 nitrogen and oxygen atoms in total. The van der Waals surface area contributed by atoms with Gasteiger partial charge in [0.25, 0.3) is 0 Å². The van der Waals surface area contributed by atoms with E-state index in [2.05, 4.69) is 61.5 Å². The van der Waals surface area contributed by atoms with Gasteiger partial charge in [-0.05, 0) is 41.2 Å². The molecule has 1 heterocycles. The second-order valence-corrected chi connectivity index (χ2v) is 9.99. The molecule has 1 aliphatic heterocycles. The number of rotatable bonds is 2. The summed E-state index contributed by atoms with van der Waals surface area (Å²) in [5.41, 5.74) is 5.82. The minimum absolute atomic E-state index is 0.818. The number of allylic oxidation sites excluding steroid dienone is 5. The minimum atomic E-state index is -2.91. The topological polar surface area (TPSA) is 17.1 Å². The van der Waals surface area contributed by atoms with E-state index < -0.39 is 7.14 Å². The Balaban J connectivity index is 1.91. The van der Waals surface area contributed by atoms with Gasteiger partial charge in [-0.15, -0.1) is 0 Å². The average Bonchev–Trinajstić information content (AvgIpc) is 2.76. The zero-order valence-electron chi connectivity index (χ0n) is 15.8. The Morgan fingerprint density at radius 1 is 0.786 bits per heavy atom. The zero-order chi connectivity index (χ0) is 19.1. The third-order valence-electron chi connectivity index (χ3n) is 5.66. The molecule has 0 bridgehead atoms. The Bertz CT molecular complexity index is 1210. The molecule has 0 N–H and O–H groups in total. The highest BCUT2D eigenvalue weighted by Crippen LogP contribution is 2.61. The Morgan fingerprint density at radius 3 is 2.25 bits per heavy atom. The Hall–Kier alpha value is -2.89. The summed E-state index contributed by atoms with van der Waals surface area (Å²) in [5, 5.41) is 2.84. The van der Waals surface area contributed by atoms with Crippen molar-refractivity contribution in [2.45, 2.75) is 13.3 Å². The first-order valence-electron chi connectivity index (χ1n) is 9.65. The van der Waals surface area contributed by atoms with Gasteiger partial charge in [0.2, 0.25) is 0 Å². The van der Waals surface area contributed by atoms with Gasteiger partial charge in [-0.1, -0.05) is 97.1 Å². The van der Waals surface area contributed by atoms with E-state index >= 15 is 0 Å². The van der Waals surface area contributed by atoms with E-state index in [4.69, 9.17) is 0 Å². The van der Waals surface area contributed by atoms with Crippen LogP contribution < -0.4 is 10.6 Å². The fourth-order valence-corrected chi connectivity index (χ4v) is 7.48. The maximum absolute atomic E-state index is 14.7. The van der Waals surface area contributed by atoms with Gasteiger partial charge in [0.1, 0.15) is 0 Å². The van der Waals surface area contributed by atoms with Crippen molar-refractivity contribution in [3.8, 4) is 0 Å². The van der Waals surface area contributed by atoms with Crippen LogP contribution in [0.2, 0.25) is 0 Å². The van der Waals surface area contributed by atoms with E-state index in [1.807, 2.05) is 42.5 Å². The molecule has 0 amide bonds. The Labute approximate surface area is 166 Å². The first-order chi connectivity index (χ1) is 13.7. The molecule has 0 fully saturated rings. The predicted molar refractivity (Wildman–Crippen MR) is 119 cm³/mol. The highest BCUT2D eigenvalue weighted by Gasteiger charge is 2.41. The van der Waals surface area contributed by atoms with Crippen LogP contribution in [0.25, 0.3) is 5.57 Å². The SMILES string of the molecule is Cc1ccccc1C1=C2C=CCC=C2P(=O)(c2ccccc2)c2ccccc21. The number of hydrogen-bond acceptors (Lipinski definition) is 1. The maximum atomic E-state index is 14.7. The average molecular weight is 380 g/mol. The maximum Gasteiger partial charge on any atom is 0.171 e. The summed E-state index contributed by atoms with van der Waals surface area (Å²) in [5.74, 6) is 0. The van der Waals surface area contributed by atoms with Crippen LogP contribution in [0.1, 0.15) is 23.1 Å².